The molecule has 0 spiro atoms. The Bertz CT molecular complexity index is 2230. The fourth-order valence-electron chi connectivity index (χ4n) is 9.55. The largest absolute Gasteiger partial charge is 0.496 e. The topological polar surface area (TPSA) is 141 Å². The summed E-state index contributed by atoms with van der Waals surface area (Å²) in [5, 5.41) is 29.1. The first-order valence-electron chi connectivity index (χ1n) is 20.8. The maximum atomic E-state index is 16.8. The first-order chi connectivity index (χ1) is 30.1. The van der Waals surface area contributed by atoms with E-state index >= 15 is 4.79 Å². The zero-order chi connectivity index (χ0) is 43.9. The van der Waals surface area contributed by atoms with Crippen LogP contribution in [0.15, 0.2) is 158 Å². The van der Waals surface area contributed by atoms with Crippen molar-refractivity contribution in [3.8, 4) is 23.0 Å². The van der Waals surface area contributed by atoms with Crippen molar-refractivity contribution >= 4 is 11.8 Å². The Morgan fingerprint density at radius 2 is 0.790 bits per heavy atom. The van der Waals surface area contributed by atoms with E-state index in [1.54, 1.807) is 97.1 Å². The molecule has 1 saturated carbocycles. The summed E-state index contributed by atoms with van der Waals surface area (Å²) in [6.45, 7) is 0. The van der Waals surface area contributed by atoms with Crippen LogP contribution in [0.3, 0.4) is 0 Å². The molecule has 2 atom stereocenters. The lowest BCUT2D eigenvalue weighted by atomic mass is 9.67. The van der Waals surface area contributed by atoms with E-state index in [-0.39, 0.29) is 12.8 Å². The summed E-state index contributed by atoms with van der Waals surface area (Å²) < 4.78 is 24.2. The molecule has 1 aliphatic carbocycles. The quantitative estimate of drug-likeness (QED) is 0.0824. The summed E-state index contributed by atoms with van der Waals surface area (Å²) in [6.07, 6.45) is 2.22. The first-order valence-corrected chi connectivity index (χ1v) is 20.8. The number of rotatable bonds is 16. The number of aliphatic hydroxyl groups is 2. The van der Waals surface area contributed by atoms with Gasteiger partial charge in [0.15, 0.2) is 0 Å². The van der Waals surface area contributed by atoms with Gasteiger partial charge in [-0.3, -0.25) is 9.59 Å². The standard InChI is InChI=1S/C52H54N2O8/c1-59-42-30-16-12-26-38(42)51(57,39-27-13-17-31-43(39)60-2)46(36-22-8-5-9-23-36)54(49(56)50(48(53)55)34-20-7-21-35-50)47(37-24-10-6-11-25-37)52(58,40-28-14-18-32-44(40)61-3)41-29-15-19-33-45(41)62-4/h5-6,8-19,22-33,46-47,57-58H,7,20-21,34-35H2,1-4H3,(H2,53,55)/t46-,47-/m1/s1. The highest BCUT2D eigenvalue weighted by Crippen LogP contribution is 2.59. The second-order valence-electron chi connectivity index (χ2n) is 15.7. The third-order valence-corrected chi connectivity index (χ3v) is 12.5. The van der Waals surface area contributed by atoms with Crippen LogP contribution in [0.25, 0.3) is 0 Å². The van der Waals surface area contributed by atoms with Crippen LogP contribution < -0.4 is 24.7 Å². The van der Waals surface area contributed by atoms with Gasteiger partial charge in [0, 0.05) is 22.3 Å². The number of benzene rings is 6. The molecule has 1 fully saturated rings. The second kappa shape index (κ2) is 18.6. The van der Waals surface area contributed by atoms with Crippen molar-refractivity contribution in [2.24, 2.45) is 11.1 Å². The van der Waals surface area contributed by atoms with Crippen molar-refractivity contribution < 1.29 is 38.7 Å². The molecule has 1 aliphatic rings. The summed E-state index contributed by atoms with van der Waals surface area (Å²) in [5.74, 6) is -0.189. The first kappa shape index (κ1) is 43.5. The van der Waals surface area contributed by atoms with E-state index in [4.69, 9.17) is 24.7 Å². The molecule has 0 radical (unpaired) electrons. The molecular formula is C52H54N2O8. The average molecular weight is 835 g/mol. The van der Waals surface area contributed by atoms with Crippen molar-refractivity contribution in [2.45, 2.75) is 55.4 Å². The van der Waals surface area contributed by atoms with E-state index in [0.717, 1.165) is 6.42 Å². The van der Waals surface area contributed by atoms with E-state index in [2.05, 4.69) is 0 Å². The van der Waals surface area contributed by atoms with Crippen LogP contribution in [0.2, 0.25) is 0 Å². The molecule has 4 N–H and O–H groups in total. The van der Waals surface area contributed by atoms with Gasteiger partial charge < -0.3 is 39.8 Å². The number of methoxy groups -OCH3 is 4. The van der Waals surface area contributed by atoms with Crippen molar-refractivity contribution in [1.29, 1.82) is 0 Å². The number of hydrogen-bond donors (Lipinski definition) is 3. The Morgan fingerprint density at radius 1 is 0.500 bits per heavy atom. The molecule has 0 aliphatic heterocycles. The van der Waals surface area contributed by atoms with E-state index in [1.807, 2.05) is 60.7 Å². The zero-order valence-electron chi connectivity index (χ0n) is 35.6. The third-order valence-electron chi connectivity index (χ3n) is 12.5. The van der Waals surface area contributed by atoms with Crippen LogP contribution in [0.5, 0.6) is 23.0 Å². The molecular weight excluding hydrogens is 781 g/mol. The van der Waals surface area contributed by atoms with Gasteiger partial charge in [-0.1, -0.05) is 153 Å². The number of amides is 2. The molecule has 0 bridgehead atoms. The minimum absolute atomic E-state index is 0.157. The number of para-hydroxylation sites is 4. The Hall–Kier alpha value is -6.62. The number of primary amides is 1. The Morgan fingerprint density at radius 3 is 1.08 bits per heavy atom. The maximum absolute atomic E-state index is 16.8. The third kappa shape index (κ3) is 7.54. The number of hydrogen-bond acceptors (Lipinski definition) is 8. The van der Waals surface area contributed by atoms with Gasteiger partial charge in [0.05, 0.1) is 40.5 Å². The highest BCUT2D eigenvalue weighted by molar-refractivity contribution is 6.05. The fourth-order valence-corrected chi connectivity index (χ4v) is 9.55. The summed E-state index contributed by atoms with van der Waals surface area (Å²) >= 11 is 0. The van der Waals surface area contributed by atoms with Gasteiger partial charge in [-0.05, 0) is 48.2 Å². The van der Waals surface area contributed by atoms with Crippen molar-refractivity contribution in [2.75, 3.05) is 28.4 Å². The normalized spacial score (nSPS) is 14.8. The molecule has 6 aromatic carbocycles. The monoisotopic (exact) mass is 834 g/mol. The van der Waals surface area contributed by atoms with Crippen LogP contribution in [0, 0.1) is 5.41 Å². The van der Waals surface area contributed by atoms with Gasteiger partial charge in [-0.25, -0.2) is 0 Å². The van der Waals surface area contributed by atoms with Crippen LogP contribution in [0.4, 0.5) is 0 Å². The molecule has 0 unspecified atom stereocenters. The molecule has 320 valence electrons. The van der Waals surface area contributed by atoms with Crippen molar-refractivity contribution in [3.05, 3.63) is 191 Å². The number of ether oxygens (including phenoxy) is 4. The molecule has 0 saturated heterocycles. The molecule has 10 heteroatoms. The number of nitrogens with zero attached hydrogens (tertiary/aromatic N) is 1. The molecule has 6 aromatic rings. The van der Waals surface area contributed by atoms with Gasteiger partial charge in [-0.15, -0.1) is 0 Å². The molecule has 2 amide bonds. The predicted octanol–water partition coefficient (Wildman–Crippen LogP) is 8.64. The maximum Gasteiger partial charge on any atom is 0.239 e. The van der Waals surface area contributed by atoms with Crippen molar-refractivity contribution in [3.63, 3.8) is 0 Å². The van der Waals surface area contributed by atoms with Gasteiger partial charge in [0.1, 0.15) is 39.6 Å². The van der Waals surface area contributed by atoms with Gasteiger partial charge in [-0.2, -0.15) is 0 Å². The summed E-state index contributed by atoms with van der Waals surface area (Å²) in [7, 11) is 6.06. The minimum atomic E-state index is -2.25. The summed E-state index contributed by atoms with van der Waals surface area (Å²) in [6, 6.07) is 43.7. The molecule has 0 heterocycles. The van der Waals surface area contributed by atoms with E-state index in [1.165, 1.54) is 33.3 Å². The van der Waals surface area contributed by atoms with Crippen LogP contribution >= 0.6 is 0 Å². The van der Waals surface area contributed by atoms with Gasteiger partial charge >= 0.3 is 0 Å². The van der Waals surface area contributed by atoms with Gasteiger partial charge in [0.2, 0.25) is 11.8 Å². The SMILES string of the molecule is COc1ccccc1C(O)(c1ccccc1OC)[C@@H](c1ccccc1)N(C(=O)C1(C(N)=O)CCCCC1)[C@H](c1ccccc1)C(O)(c1ccccc1OC)c1ccccc1OC. The van der Waals surface area contributed by atoms with E-state index in [0.29, 0.717) is 69.2 Å². The lowest BCUT2D eigenvalue weighted by Gasteiger charge is -2.54. The highest BCUT2D eigenvalue weighted by atomic mass is 16.5. The lowest BCUT2D eigenvalue weighted by molar-refractivity contribution is -0.170. The van der Waals surface area contributed by atoms with Crippen LogP contribution in [-0.2, 0) is 20.8 Å². The lowest BCUT2D eigenvalue weighted by Crippen LogP contribution is -2.60. The number of carbonyl (C=O) groups excluding carboxylic acids is 2. The zero-order valence-corrected chi connectivity index (χ0v) is 35.6. The summed E-state index contributed by atoms with van der Waals surface area (Å²) in [4.78, 5) is 32.6. The highest BCUT2D eigenvalue weighted by Gasteiger charge is 2.60. The predicted molar refractivity (Wildman–Crippen MR) is 238 cm³/mol. The fraction of sp³-hybridized carbons (Fsp3) is 0.269. The Balaban J connectivity index is 1.75. The minimum Gasteiger partial charge on any atom is -0.496 e. The van der Waals surface area contributed by atoms with Crippen LogP contribution in [-0.4, -0.2) is 55.4 Å². The average Bonchev–Trinajstić information content (AvgIpc) is 3.34. The molecule has 62 heavy (non-hydrogen) atoms. The number of nitrogens with two attached hydrogens (primary N) is 1. The second-order valence-corrected chi connectivity index (χ2v) is 15.7. The van der Waals surface area contributed by atoms with Gasteiger partial charge in [0.25, 0.3) is 0 Å². The Kier molecular flexibility index (Phi) is 13.0. The van der Waals surface area contributed by atoms with E-state index < -0.39 is 40.5 Å². The Labute approximate surface area is 363 Å². The van der Waals surface area contributed by atoms with E-state index in [9.17, 15) is 15.0 Å². The van der Waals surface area contributed by atoms with Crippen molar-refractivity contribution in [1.82, 2.24) is 4.90 Å². The summed E-state index contributed by atoms with van der Waals surface area (Å²) in [5.41, 5.74) is 2.33. The molecule has 10 nitrogen and oxygen atoms in total. The number of carbonyl (C=O) groups is 2. The molecule has 0 aromatic heterocycles. The smallest absolute Gasteiger partial charge is 0.239 e. The van der Waals surface area contributed by atoms with Crippen LogP contribution in [0.1, 0.15) is 77.6 Å². The molecule has 7 rings (SSSR count).